The standard InChI is InChI=1S/C13H16FN3S/c1-9(15-2)12-8-16-13(18-12)17(3)11-6-4-10(14)5-7-11/h4-9,15H,1-3H3. The summed E-state index contributed by atoms with van der Waals surface area (Å²) in [6, 6.07) is 6.70. The fourth-order valence-electron chi connectivity index (χ4n) is 1.55. The molecule has 1 aromatic heterocycles. The third kappa shape index (κ3) is 2.68. The maximum atomic E-state index is 12.9. The van der Waals surface area contributed by atoms with Gasteiger partial charge in [-0.3, -0.25) is 0 Å². The van der Waals surface area contributed by atoms with E-state index in [2.05, 4.69) is 17.2 Å². The lowest BCUT2D eigenvalue weighted by Crippen LogP contribution is -2.10. The first-order chi connectivity index (χ1) is 8.61. The van der Waals surface area contributed by atoms with Gasteiger partial charge in [-0.05, 0) is 38.2 Å². The Kier molecular flexibility index (Phi) is 3.93. The van der Waals surface area contributed by atoms with Crippen LogP contribution in [0.5, 0.6) is 0 Å². The van der Waals surface area contributed by atoms with Crippen LogP contribution in [0.1, 0.15) is 17.8 Å². The zero-order valence-electron chi connectivity index (χ0n) is 10.6. The highest BCUT2D eigenvalue weighted by atomic mass is 32.1. The highest BCUT2D eigenvalue weighted by Gasteiger charge is 2.12. The molecule has 0 amide bonds. The van der Waals surface area contributed by atoms with E-state index in [9.17, 15) is 4.39 Å². The molecule has 0 fully saturated rings. The molecular formula is C13H16FN3S. The molecule has 0 saturated carbocycles. The van der Waals surface area contributed by atoms with Gasteiger partial charge in [0.05, 0.1) is 0 Å². The topological polar surface area (TPSA) is 28.2 Å². The predicted octanol–water partition coefficient (Wildman–Crippen LogP) is 3.33. The SMILES string of the molecule is CNC(C)c1cnc(N(C)c2ccc(F)cc2)s1. The van der Waals surface area contributed by atoms with Crippen molar-refractivity contribution in [2.75, 3.05) is 19.0 Å². The van der Waals surface area contributed by atoms with Crippen molar-refractivity contribution < 1.29 is 4.39 Å². The first kappa shape index (κ1) is 13.0. The van der Waals surface area contributed by atoms with Crippen molar-refractivity contribution in [1.82, 2.24) is 10.3 Å². The van der Waals surface area contributed by atoms with E-state index in [0.717, 1.165) is 10.8 Å². The number of hydrogen-bond donors (Lipinski definition) is 1. The summed E-state index contributed by atoms with van der Waals surface area (Å²) in [5, 5.41) is 4.08. The Morgan fingerprint density at radius 2 is 2.00 bits per heavy atom. The van der Waals surface area contributed by atoms with Crippen molar-refractivity contribution in [1.29, 1.82) is 0 Å². The first-order valence-corrected chi connectivity index (χ1v) is 6.55. The van der Waals surface area contributed by atoms with E-state index in [4.69, 9.17) is 0 Å². The van der Waals surface area contributed by atoms with Gasteiger partial charge in [-0.25, -0.2) is 9.37 Å². The van der Waals surface area contributed by atoms with Crippen molar-refractivity contribution >= 4 is 22.2 Å². The van der Waals surface area contributed by atoms with E-state index in [-0.39, 0.29) is 11.9 Å². The maximum Gasteiger partial charge on any atom is 0.189 e. The normalized spacial score (nSPS) is 12.4. The minimum Gasteiger partial charge on any atom is -0.321 e. The number of rotatable bonds is 4. The zero-order chi connectivity index (χ0) is 13.1. The molecule has 0 aliphatic rings. The number of nitrogens with zero attached hydrogens (tertiary/aromatic N) is 2. The molecular weight excluding hydrogens is 249 g/mol. The number of anilines is 2. The molecule has 0 spiro atoms. The maximum absolute atomic E-state index is 12.9. The molecule has 2 aromatic rings. The first-order valence-electron chi connectivity index (χ1n) is 5.74. The summed E-state index contributed by atoms with van der Waals surface area (Å²) < 4.78 is 12.9. The van der Waals surface area contributed by atoms with Crippen LogP contribution in [0.15, 0.2) is 30.5 Å². The lowest BCUT2D eigenvalue weighted by molar-refractivity contribution is 0.628. The van der Waals surface area contributed by atoms with Crippen molar-refractivity contribution in [2.24, 2.45) is 0 Å². The van der Waals surface area contributed by atoms with Crippen LogP contribution in [-0.4, -0.2) is 19.1 Å². The second-order valence-corrected chi connectivity index (χ2v) is 5.13. The van der Waals surface area contributed by atoms with Gasteiger partial charge in [0, 0.05) is 29.9 Å². The minimum atomic E-state index is -0.226. The van der Waals surface area contributed by atoms with E-state index >= 15 is 0 Å². The summed E-state index contributed by atoms with van der Waals surface area (Å²) in [4.78, 5) is 7.53. The molecule has 96 valence electrons. The summed E-state index contributed by atoms with van der Waals surface area (Å²) >= 11 is 1.63. The molecule has 0 radical (unpaired) electrons. The summed E-state index contributed by atoms with van der Waals surface area (Å²) in [5.74, 6) is -0.226. The monoisotopic (exact) mass is 265 g/mol. The summed E-state index contributed by atoms with van der Waals surface area (Å²) in [7, 11) is 3.85. The van der Waals surface area contributed by atoms with Crippen LogP contribution in [0.3, 0.4) is 0 Å². The number of aromatic nitrogens is 1. The van der Waals surface area contributed by atoms with Gasteiger partial charge >= 0.3 is 0 Å². The Labute approximate surface area is 110 Å². The highest BCUT2D eigenvalue weighted by molar-refractivity contribution is 7.15. The van der Waals surface area contributed by atoms with Crippen molar-refractivity contribution in [2.45, 2.75) is 13.0 Å². The van der Waals surface area contributed by atoms with Gasteiger partial charge in [-0.2, -0.15) is 0 Å². The summed E-state index contributed by atoms with van der Waals surface area (Å²) in [6.45, 7) is 2.09. The average Bonchev–Trinajstić information content (AvgIpc) is 2.87. The molecule has 3 nitrogen and oxygen atoms in total. The molecule has 0 saturated heterocycles. The molecule has 0 aliphatic carbocycles. The van der Waals surface area contributed by atoms with Crippen LogP contribution in [-0.2, 0) is 0 Å². The smallest absolute Gasteiger partial charge is 0.189 e. The average molecular weight is 265 g/mol. The lowest BCUT2D eigenvalue weighted by atomic mass is 10.3. The molecule has 1 aromatic carbocycles. The van der Waals surface area contributed by atoms with Crippen molar-refractivity contribution in [3.05, 3.63) is 41.2 Å². The third-order valence-corrected chi connectivity index (χ3v) is 4.13. The Morgan fingerprint density at radius 3 is 2.61 bits per heavy atom. The van der Waals surface area contributed by atoms with Crippen LogP contribution < -0.4 is 10.2 Å². The van der Waals surface area contributed by atoms with Crippen LogP contribution in [0.25, 0.3) is 0 Å². The van der Waals surface area contributed by atoms with E-state index in [1.807, 2.05) is 25.2 Å². The van der Waals surface area contributed by atoms with Gasteiger partial charge in [0.25, 0.3) is 0 Å². The molecule has 0 bridgehead atoms. The Morgan fingerprint density at radius 1 is 1.33 bits per heavy atom. The summed E-state index contributed by atoms with van der Waals surface area (Å²) in [6.07, 6.45) is 1.88. The molecule has 1 N–H and O–H groups in total. The number of benzene rings is 1. The Bertz CT molecular complexity index is 509. The van der Waals surface area contributed by atoms with Crippen LogP contribution in [0.2, 0.25) is 0 Å². The number of thiazole rings is 1. The summed E-state index contributed by atoms with van der Waals surface area (Å²) in [5.41, 5.74) is 0.925. The fourth-order valence-corrected chi connectivity index (χ4v) is 2.51. The second-order valence-electron chi connectivity index (χ2n) is 4.09. The van der Waals surface area contributed by atoms with Gasteiger partial charge in [0.1, 0.15) is 5.82 Å². The van der Waals surface area contributed by atoms with E-state index in [0.29, 0.717) is 0 Å². The van der Waals surface area contributed by atoms with Crippen molar-refractivity contribution in [3.63, 3.8) is 0 Å². The molecule has 2 rings (SSSR count). The molecule has 5 heteroatoms. The zero-order valence-corrected chi connectivity index (χ0v) is 11.5. The number of halogens is 1. The van der Waals surface area contributed by atoms with Gasteiger partial charge in [-0.1, -0.05) is 11.3 Å². The molecule has 1 heterocycles. The quantitative estimate of drug-likeness (QED) is 0.919. The second kappa shape index (κ2) is 5.46. The van der Waals surface area contributed by atoms with Crippen molar-refractivity contribution in [3.8, 4) is 0 Å². The highest BCUT2D eigenvalue weighted by Crippen LogP contribution is 2.30. The third-order valence-electron chi connectivity index (χ3n) is 2.87. The van der Waals surface area contributed by atoms with Crippen LogP contribution >= 0.6 is 11.3 Å². The number of nitrogens with one attached hydrogen (secondary N) is 1. The van der Waals surface area contributed by atoms with E-state index in [1.165, 1.54) is 17.0 Å². The van der Waals surface area contributed by atoms with E-state index < -0.39 is 0 Å². The lowest BCUT2D eigenvalue weighted by Gasteiger charge is -2.15. The molecule has 1 atom stereocenters. The molecule has 0 aliphatic heterocycles. The van der Waals surface area contributed by atoms with Crippen LogP contribution in [0.4, 0.5) is 15.2 Å². The van der Waals surface area contributed by atoms with Gasteiger partial charge < -0.3 is 10.2 Å². The minimum absolute atomic E-state index is 0.226. The van der Waals surface area contributed by atoms with Crippen LogP contribution in [0, 0.1) is 5.82 Å². The molecule has 1 unspecified atom stereocenters. The van der Waals surface area contributed by atoms with Gasteiger partial charge in [0.2, 0.25) is 0 Å². The Hall–Kier alpha value is -1.46. The predicted molar refractivity (Wildman–Crippen MR) is 74.1 cm³/mol. The fraction of sp³-hybridized carbons (Fsp3) is 0.308. The Balaban J connectivity index is 2.20. The largest absolute Gasteiger partial charge is 0.321 e. The number of hydrogen-bond acceptors (Lipinski definition) is 4. The van der Waals surface area contributed by atoms with E-state index in [1.54, 1.807) is 23.5 Å². The van der Waals surface area contributed by atoms with Gasteiger partial charge in [-0.15, -0.1) is 0 Å². The molecule has 18 heavy (non-hydrogen) atoms. The van der Waals surface area contributed by atoms with Gasteiger partial charge in [0.15, 0.2) is 5.13 Å².